The molecule has 2 aromatic rings. The number of thiol groups is 1. The molecular formula is C16H20N2O3S2. The van der Waals surface area contributed by atoms with Crippen LogP contribution in [0.5, 0.6) is 11.5 Å². The molecule has 0 spiro atoms. The first-order valence-corrected chi connectivity index (χ1v) is 9.36. The summed E-state index contributed by atoms with van der Waals surface area (Å²) in [5, 5.41) is 0. The van der Waals surface area contributed by atoms with Gasteiger partial charge in [-0.25, -0.2) is 8.42 Å². The molecule has 0 radical (unpaired) electrons. The van der Waals surface area contributed by atoms with Crippen LogP contribution in [0.15, 0.2) is 41.3 Å². The molecule has 0 saturated carbocycles. The third kappa shape index (κ3) is 4.56. The summed E-state index contributed by atoms with van der Waals surface area (Å²) < 4.78 is 30.0. The van der Waals surface area contributed by atoms with Crippen LogP contribution in [0.2, 0.25) is 0 Å². The van der Waals surface area contributed by atoms with Crippen molar-refractivity contribution in [3.63, 3.8) is 0 Å². The minimum atomic E-state index is -2.69. The van der Waals surface area contributed by atoms with Gasteiger partial charge in [-0.2, -0.15) is 0 Å². The normalized spacial score (nSPS) is 10.7. The number of rotatable bonds is 6. The quantitative estimate of drug-likeness (QED) is 0.615. The van der Waals surface area contributed by atoms with Crippen molar-refractivity contribution in [1.82, 2.24) is 0 Å². The number of thioether (sulfide) groups is 1. The van der Waals surface area contributed by atoms with Crippen molar-refractivity contribution in [3.05, 3.63) is 42.0 Å². The van der Waals surface area contributed by atoms with Gasteiger partial charge in [-0.3, -0.25) is 4.72 Å². The van der Waals surface area contributed by atoms with Gasteiger partial charge in [-0.15, -0.1) is 11.8 Å². The molecule has 0 unspecified atom stereocenters. The van der Waals surface area contributed by atoms with Gasteiger partial charge < -0.3 is 9.64 Å². The minimum absolute atomic E-state index is 0.506. The molecule has 2 aromatic carbocycles. The maximum absolute atomic E-state index is 10.8. The molecule has 0 atom stereocenters. The van der Waals surface area contributed by atoms with E-state index in [1.54, 1.807) is 30.0 Å². The number of ether oxygens (including phenoxy) is 1. The van der Waals surface area contributed by atoms with Crippen molar-refractivity contribution in [2.45, 2.75) is 11.8 Å². The highest BCUT2D eigenvalue weighted by atomic mass is 32.2. The molecule has 7 heteroatoms. The second-order valence-electron chi connectivity index (χ2n) is 5.18. The second kappa shape index (κ2) is 7.61. The van der Waals surface area contributed by atoms with Crippen LogP contribution in [0.1, 0.15) is 5.56 Å². The molecule has 0 bridgehead atoms. The predicted octanol–water partition coefficient (Wildman–Crippen LogP) is 3.51. The Kier molecular flexibility index (Phi) is 5.79. The smallest absolute Gasteiger partial charge is 0.222 e. The van der Waals surface area contributed by atoms with E-state index in [0.29, 0.717) is 11.4 Å². The number of hydrogen-bond acceptors (Lipinski definition) is 5. The summed E-state index contributed by atoms with van der Waals surface area (Å²) in [6.45, 7) is 2.05. The molecule has 23 heavy (non-hydrogen) atoms. The lowest BCUT2D eigenvalue weighted by molar-refractivity contribution is 0.482. The predicted molar refractivity (Wildman–Crippen MR) is 97.7 cm³/mol. The summed E-state index contributed by atoms with van der Waals surface area (Å²) >= 11 is 1.70. The van der Waals surface area contributed by atoms with E-state index in [0.717, 1.165) is 17.0 Å². The number of hydrogen-bond donors (Lipinski definition) is 2. The summed E-state index contributed by atoms with van der Waals surface area (Å²) in [4.78, 5) is 3.09. The zero-order chi connectivity index (χ0) is 17.0. The average molecular weight is 352 g/mol. The molecule has 0 aliphatic carbocycles. The van der Waals surface area contributed by atoms with E-state index in [4.69, 9.17) is 4.74 Å². The van der Waals surface area contributed by atoms with E-state index in [-0.39, 0.29) is 0 Å². The largest absolute Gasteiger partial charge is 0.455 e. The SMILES string of the molecule is CSc1ccc(Oc2ccc(N[SH](=O)=O)cc2N(C)C)cc1C. The van der Waals surface area contributed by atoms with Crippen LogP contribution in [-0.2, 0) is 10.9 Å². The third-order valence-corrected chi connectivity index (χ3v) is 4.59. The first-order valence-electron chi connectivity index (χ1n) is 6.95. The van der Waals surface area contributed by atoms with Crippen LogP contribution in [0.25, 0.3) is 0 Å². The van der Waals surface area contributed by atoms with Gasteiger partial charge >= 0.3 is 0 Å². The Morgan fingerprint density at radius 3 is 2.43 bits per heavy atom. The topological polar surface area (TPSA) is 58.6 Å². The number of benzene rings is 2. The fourth-order valence-electron chi connectivity index (χ4n) is 2.17. The lowest BCUT2D eigenvalue weighted by Gasteiger charge is -2.19. The van der Waals surface area contributed by atoms with Gasteiger partial charge in [0.25, 0.3) is 0 Å². The molecule has 1 N–H and O–H groups in total. The Bertz CT molecular complexity index is 766. The first-order chi connectivity index (χ1) is 10.9. The van der Waals surface area contributed by atoms with Gasteiger partial charge in [0, 0.05) is 19.0 Å². The monoisotopic (exact) mass is 352 g/mol. The highest BCUT2D eigenvalue weighted by Crippen LogP contribution is 2.35. The van der Waals surface area contributed by atoms with Gasteiger partial charge in [0.15, 0.2) is 5.75 Å². The van der Waals surface area contributed by atoms with Crippen molar-refractivity contribution in [2.75, 3.05) is 30.0 Å². The van der Waals surface area contributed by atoms with Gasteiger partial charge in [0.1, 0.15) is 5.75 Å². The van der Waals surface area contributed by atoms with Crippen LogP contribution < -0.4 is 14.4 Å². The maximum Gasteiger partial charge on any atom is 0.222 e. The molecule has 0 aliphatic rings. The lowest BCUT2D eigenvalue weighted by Crippen LogP contribution is -2.10. The van der Waals surface area contributed by atoms with Crippen molar-refractivity contribution in [2.24, 2.45) is 0 Å². The van der Waals surface area contributed by atoms with E-state index in [1.165, 1.54) is 4.90 Å². The van der Waals surface area contributed by atoms with Crippen molar-refractivity contribution < 1.29 is 13.2 Å². The zero-order valence-corrected chi connectivity index (χ0v) is 15.2. The van der Waals surface area contributed by atoms with E-state index < -0.39 is 10.9 Å². The van der Waals surface area contributed by atoms with Gasteiger partial charge in [0.05, 0.1) is 11.4 Å². The molecule has 5 nitrogen and oxygen atoms in total. The van der Waals surface area contributed by atoms with Crippen LogP contribution in [0, 0.1) is 6.92 Å². The van der Waals surface area contributed by atoms with E-state index in [2.05, 4.69) is 4.72 Å². The minimum Gasteiger partial charge on any atom is -0.455 e. The average Bonchev–Trinajstić information content (AvgIpc) is 2.48. The molecule has 2 rings (SSSR count). The highest BCUT2D eigenvalue weighted by Gasteiger charge is 2.10. The molecule has 0 saturated heterocycles. The summed E-state index contributed by atoms with van der Waals surface area (Å²) in [7, 11) is 1.07. The Labute approximate surface area is 142 Å². The molecule has 0 heterocycles. The summed E-state index contributed by atoms with van der Waals surface area (Å²) in [6.07, 6.45) is 2.04. The zero-order valence-electron chi connectivity index (χ0n) is 13.5. The van der Waals surface area contributed by atoms with Crippen LogP contribution in [0.4, 0.5) is 11.4 Å². The standard InChI is InChI=1S/C16H20N2O3S2/c1-11-9-13(6-8-16(11)22-4)21-15-7-5-12(17-23(19)20)10-14(15)18(2)3/h5-10,23H,1-4H3,(H,17,19,20). The summed E-state index contributed by atoms with van der Waals surface area (Å²) in [6, 6.07) is 11.1. The highest BCUT2D eigenvalue weighted by molar-refractivity contribution is 7.98. The van der Waals surface area contributed by atoms with Gasteiger partial charge in [-0.1, -0.05) is 0 Å². The van der Waals surface area contributed by atoms with Crippen LogP contribution in [-0.4, -0.2) is 28.8 Å². The molecule has 0 aliphatic heterocycles. The Balaban J connectivity index is 2.33. The molecule has 0 aromatic heterocycles. The summed E-state index contributed by atoms with van der Waals surface area (Å²) in [5.41, 5.74) is 2.45. The molecule has 0 amide bonds. The molecule has 124 valence electrons. The second-order valence-corrected chi connectivity index (χ2v) is 6.77. The van der Waals surface area contributed by atoms with Gasteiger partial charge in [0.2, 0.25) is 10.9 Å². The van der Waals surface area contributed by atoms with E-state index in [9.17, 15) is 8.42 Å². The van der Waals surface area contributed by atoms with Crippen molar-refractivity contribution >= 4 is 34.0 Å². The lowest BCUT2D eigenvalue weighted by atomic mass is 10.2. The van der Waals surface area contributed by atoms with Crippen molar-refractivity contribution in [1.29, 1.82) is 0 Å². The van der Waals surface area contributed by atoms with Crippen LogP contribution >= 0.6 is 11.8 Å². The number of anilines is 2. The molecular weight excluding hydrogens is 332 g/mol. The van der Waals surface area contributed by atoms with E-state index in [1.807, 2.05) is 50.4 Å². The Morgan fingerprint density at radius 1 is 1.13 bits per heavy atom. The fourth-order valence-corrected chi connectivity index (χ4v) is 3.10. The fraction of sp³-hybridized carbons (Fsp3) is 0.250. The number of aryl methyl sites for hydroxylation is 1. The molecule has 0 fully saturated rings. The van der Waals surface area contributed by atoms with Crippen molar-refractivity contribution in [3.8, 4) is 11.5 Å². The van der Waals surface area contributed by atoms with Crippen LogP contribution in [0.3, 0.4) is 0 Å². The van der Waals surface area contributed by atoms with Gasteiger partial charge in [-0.05, 0) is 55.1 Å². The first kappa shape index (κ1) is 17.5. The maximum atomic E-state index is 10.8. The Morgan fingerprint density at radius 2 is 1.87 bits per heavy atom. The van der Waals surface area contributed by atoms with E-state index >= 15 is 0 Å². The Hall–Kier alpha value is -1.86. The number of nitrogens with one attached hydrogen (secondary N) is 1. The number of nitrogens with zero attached hydrogens (tertiary/aromatic N) is 1. The summed E-state index contributed by atoms with van der Waals surface area (Å²) in [5.74, 6) is 1.41. The third-order valence-electron chi connectivity index (χ3n) is 3.26.